The first-order chi connectivity index (χ1) is 41.6. The minimum absolute atomic E-state index is 0.176. The Bertz CT molecular complexity index is 1700. The third-order valence-electron chi connectivity index (χ3n) is 16.7. The zero-order chi connectivity index (χ0) is 61.6. The lowest BCUT2D eigenvalue weighted by Crippen LogP contribution is -2.65. The standard InChI is InChI=1S/C71H127NO13/c1-3-5-7-9-11-13-15-17-19-21-23-24-25-26-27-28-29-30-31-32-33-34-35-37-38-40-42-44-46-48-50-52-54-60(75)59(72-63(76)55-53-51-49-47-45-43-41-39-36-22-20-18-16-14-12-10-8-6-4-2)58-82-70-68(81)66(79)69(62(57-74)84-70)85-71-67(80)65(78)64(77)61(56-73)83-71/h6,8,12,14,18,20,36,39,43,45,49,51,59-62,64-71,73-75,77-81H,3-5,7,9-11,13,15-17,19,21-35,37-38,40-42,44,46-48,50,52-58H2,1-2H3,(H,72,76)/b8-6-,14-12-,20-18-,39-36-,45-43-,51-49-. The highest BCUT2D eigenvalue weighted by Crippen LogP contribution is 2.30. The monoisotopic (exact) mass is 1200 g/mol. The number of rotatable bonds is 56. The zero-order valence-corrected chi connectivity index (χ0v) is 53.6. The molecule has 2 heterocycles. The number of unbranched alkanes of at least 4 members (excludes halogenated alkanes) is 31. The molecule has 0 aromatic carbocycles. The lowest BCUT2D eigenvalue weighted by molar-refractivity contribution is -0.359. The summed E-state index contributed by atoms with van der Waals surface area (Å²) in [6.07, 6.45) is 58.0. The van der Waals surface area contributed by atoms with Crippen LogP contribution in [0.1, 0.15) is 277 Å². The van der Waals surface area contributed by atoms with E-state index < -0.39 is 86.8 Å². The second kappa shape index (κ2) is 55.5. The Morgan fingerprint density at radius 2 is 0.788 bits per heavy atom. The van der Waals surface area contributed by atoms with Gasteiger partial charge in [-0.3, -0.25) is 4.79 Å². The maximum atomic E-state index is 13.3. The molecule has 1 amide bonds. The number of carbonyl (C=O) groups is 1. The average molecular weight is 1200 g/mol. The van der Waals surface area contributed by atoms with Crippen molar-refractivity contribution in [2.75, 3.05) is 19.8 Å². The molecule has 0 saturated carbocycles. The largest absolute Gasteiger partial charge is 0.394 e. The molecule has 12 atom stereocenters. The second-order valence-electron chi connectivity index (χ2n) is 24.3. The lowest BCUT2D eigenvalue weighted by Gasteiger charge is -2.46. The van der Waals surface area contributed by atoms with Crippen LogP contribution in [0.2, 0.25) is 0 Å². The molecule has 2 fully saturated rings. The smallest absolute Gasteiger partial charge is 0.220 e. The van der Waals surface area contributed by atoms with Gasteiger partial charge in [0.05, 0.1) is 32.0 Å². The summed E-state index contributed by atoms with van der Waals surface area (Å²) in [7, 11) is 0. The molecule has 0 bridgehead atoms. The summed E-state index contributed by atoms with van der Waals surface area (Å²) < 4.78 is 22.9. The van der Waals surface area contributed by atoms with E-state index >= 15 is 0 Å². The van der Waals surface area contributed by atoms with Crippen molar-refractivity contribution in [3.8, 4) is 0 Å². The molecule has 2 aliphatic rings. The summed E-state index contributed by atoms with van der Waals surface area (Å²) >= 11 is 0. The Kier molecular flexibility index (Phi) is 51.3. The van der Waals surface area contributed by atoms with E-state index in [1.165, 1.54) is 180 Å². The number of amides is 1. The fourth-order valence-corrected chi connectivity index (χ4v) is 11.2. The summed E-state index contributed by atoms with van der Waals surface area (Å²) in [5, 5.41) is 87.4. The highest BCUT2D eigenvalue weighted by atomic mass is 16.7. The van der Waals surface area contributed by atoms with Crippen molar-refractivity contribution in [3.63, 3.8) is 0 Å². The van der Waals surface area contributed by atoms with Gasteiger partial charge in [-0.25, -0.2) is 0 Å². The van der Waals surface area contributed by atoms with E-state index in [2.05, 4.69) is 79.9 Å². The first-order valence-corrected chi connectivity index (χ1v) is 34.7. The number of carbonyl (C=O) groups excluding carboxylic acids is 1. The quantitative estimate of drug-likeness (QED) is 0.0204. The number of hydrogen-bond acceptors (Lipinski definition) is 13. The van der Waals surface area contributed by atoms with Crippen molar-refractivity contribution < 1.29 is 64.6 Å². The van der Waals surface area contributed by atoms with E-state index in [4.69, 9.17) is 18.9 Å². The Labute approximate surface area is 517 Å². The second-order valence-corrected chi connectivity index (χ2v) is 24.3. The van der Waals surface area contributed by atoms with Crippen molar-refractivity contribution >= 4 is 5.91 Å². The van der Waals surface area contributed by atoms with Gasteiger partial charge in [0.2, 0.25) is 5.91 Å². The van der Waals surface area contributed by atoms with Gasteiger partial charge in [0.15, 0.2) is 12.6 Å². The van der Waals surface area contributed by atoms with Gasteiger partial charge < -0.3 is 65.1 Å². The summed E-state index contributed by atoms with van der Waals surface area (Å²) in [5.74, 6) is -0.287. The first-order valence-electron chi connectivity index (χ1n) is 34.7. The zero-order valence-electron chi connectivity index (χ0n) is 53.6. The molecule has 2 aliphatic heterocycles. The number of aliphatic hydroxyl groups is 8. The van der Waals surface area contributed by atoms with Gasteiger partial charge in [0.25, 0.3) is 0 Å². The van der Waals surface area contributed by atoms with E-state index in [0.29, 0.717) is 12.8 Å². The summed E-state index contributed by atoms with van der Waals surface area (Å²) in [6.45, 7) is 2.72. The SMILES string of the molecule is CC/C=C\C/C=C\C/C=C\C/C=C\C/C=C\C/C=C\CCC(=O)NC(COC1OC(CO)C(OC2OC(CO)C(O)C(O)C2O)C(O)C1O)C(O)CCCCCCCCCCCCCCCCCCCCCCCCCCCCCCCCCC. The number of ether oxygens (including phenoxy) is 4. The van der Waals surface area contributed by atoms with Crippen LogP contribution in [-0.2, 0) is 23.7 Å². The Morgan fingerprint density at radius 1 is 0.435 bits per heavy atom. The van der Waals surface area contributed by atoms with Crippen LogP contribution < -0.4 is 5.32 Å². The minimum atomic E-state index is -1.79. The molecular weight excluding hydrogens is 1070 g/mol. The Morgan fingerprint density at radius 3 is 1.18 bits per heavy atom. The van der Waals surface area contributed by atoms with Crippen molar-refractivity contribution in [1.82, 2.24) is 5.32 Å². The van der Waals surface area contributed by atoms with Crippen LogP contribution in [0.4, 0.5) is 0 Å². The molecule has 0 aromatic rings. The number of nitrogens with one attached hydrogen (secondary N) is 1. The summed E-state index contributed by atoms with van der Waals surface area (Å²) in [4.78, 5) is 13.3. The molecule has 0 spiro atoms. The van der Waals surface area contributed by atoms with E-state index in [1.54, 1.807) is 0 Å². The number of hydrogen-bond donors (Lipinski definition) is 9. The Hall–Kier alpha value is -2.57. The molecule has 14 nitrogen and oxygen atoms in total. The van der Waals surface area contributed by atoms with E-state index in [1.807, 2.05) is 12.2 Å². The summed E-state index contributed by atoms with van der Waals surface area (Å²) in [6, 6.07) is -0.875. The summed E-state index contributed by atoms with van der Waals surface area (Å²) in [5.41, 5.74) is 0. The van der Waals surface area contributed by atoms with Crippen molar-refractivity contribution in [2.45, 2.75) is 351 Å². The Balaban J connectivity index is 1.67. The third-order valence-corrected chi connectivity index (χ3v) is 16.7. The highest BCUT2D eigenvalue weighted by molar-refractivity contribution is 5.76. The fourth-order valence-electron chi connectivity index (χ4n) is 11.2. The van der Waals surface area contributed by atoms with Crippen LogP contribution in [0.25, 0.3) is 0 Å². The van der Waals surface area contributed by atoms with Gasteiger partial charge in [0, 0.05) is 6.42 Å². The van der Waals surface area contributed by atoms with Gasteiger partial charge in [-0.05, 0) is 51.4 Å². The molecule has 0 aromatic heterocycles. The number of aliphatic hydroxyl groups excluding tert-OH is 8. The minimum Gasteiger partial charge on any atom is -0.394 e. The average Bonchev–Trinajstić information content (AvgIpc) is 3.69. The van der Waals surface area contributed by atoms with Gasteiger partial charge in [0.1, 0.15) is 48.8 Å². The molecule has 2 rings (SSSR count). The topological polar surface area (TPSA) is 228 Å². The molecule has 2 saturated heterocycles. The van der Waals surface area contributed by atoms with Crippen LogP contribution >= 0.6 is 0 Å². The van der Waals surface area contributed by atoms with Crippen LogP contribution in [-0.4, -0.2) is 140 Å². The lowest BCUT2D eigenvalue weighted by atomic mass is 9.97. The fraction of sp³-hybridized carbons (Fsp3) is 0.817. The van der Waals surface area contributed by atoms with Gasteiger partial charge >= 0.3 is 0 Å². The van der Waals surface area contributed by atoms with E-state index in [0.717, 1.165) is 64.2 Å². The molecule has 0 radical (unpaired) electrons. The van der Waals surface area contributed by atoms with E-state index in [9.17, 15) is 45.6 Å². The van der Waals surface area contributed by atoms with Crippen molar-refractivity contribution in [2.24, 2.45) is 0 Å². The van der Waals surface area contributed by atoms with Crippen molar-refractivity contribution in [1.29, 1.82) is 0 Å². The van der Waals surface area contributed by atoms with Crippen LogP contribution in [0.3, 0.4) is 0 Å². The predicted molar refractivity (Wildman–Crippen MR) is 346 cm³/mol. The molecule has 0 aliphatic carbocycles. The van der Waals surface area contributed by atoms with Gasteiger partial charge in [-0.2, -0.15) is 0 Å². The number of allylic oxidation sites excluding steroid dienone is 12. The molecule has 14 heteroatoms. The maximum absolute atomic E-state index is 13.3. The van der Waals surface area contributed by atoms with Crippen LogP contribution in [0, 0.1) is 0 Å². The third kappa shape index (κ3) is 39.9. The normalized spacial score (nSPS) is 24.0. The molecular formula is C71H127NO13. The molecule has 85 heavy (non-hydrogen) atoms. The molecule has 9 N–H and O–H groups in total. The molecule has 494 valence electrons. The van der Waals surface area contributed by atoms with E-state index in [-0.39, 0.29) is 18.9 Å². The maximum Gasteiger partial charge on any atom is 0.220 e. The van der Waals surface area contributed by atoms with Gasteiger partial charge in [-0.1, -0.05) is 292 Å². The van der Waals surface area contributed by atoms with Crippen LogP contribution in [0.15, 0.2) is 72.9 Å². The van der Waals surface area contributed by atoms with Crippen LogP contribution in [0.5, 0.6) is 0 Å². The van der Waals surface area contributed by atoms with Crippen molar-refractivity contribution in [3.05, 3.63) is 72.9 Å². The first kappa shape index (κ1) is 78.5. The highest BCUT2D eigenvalue weighted by Gasteiger charge is 2.51. The predicted octanol–water partition coefficient (Wildman–Crippen LogP) is 13.8. The molecule has 12 unspecified atom stereocenters. The van der Waals surface area contributed by atoms with Gasteiger partial charge in [-0.15, -0.1) is 0 Å².